The molecule has 0 heterocycles. The first kappa shape index (κ1) is 18.0. The molecule has 0 radical (unpaired) electrons. The molecule has 7 rings (SSSR count). The van der Waals surface area contributed by atoms with Crippen LogP contribution in [-0.4, -0.2) is 0 Å². The molecule has 1 aliphatic carbocycles. The Morgan fingerprint density at radius 2 is 1.19 bits per heavy atom. The van der Waals surface area contributed by atoms with Crippen molar-refractivity contribution in [3.05, 3.63) is 108 Å². The van der Waals surface area contributed by atoms with Crippen molar-refractivity contribution in [2.75, 3.05) is 0 Å². The smallest absolute Gasteiger partial charge is 0.0158 e. The number of fused-ring (bicyclic) bond motifs is 3. The SMILES string of the molecule is Cc1ccc2ccc3c(-c4ccc5c(c4)-c4ccccc4C5(C)C)ccc4ccc1c2c43. The third-order valence-corrected chi connectivity index (χ3v) is 7.78. The molecule has 0 fully saturated rings. The maximum Gasteiger partial charge on any atom is 0.0158 e. The number of aryl methyl sites for hydroxylation is 1. The van der Waals surface area contributed by atoms with E-state index in [1.54, 1.807) is 0 Å². The number of hydrogen-bond acceptors (Lipinski definition) is 0. The van der Waals surface area contributed by atoms with E-state index in [1.807, 2.05) is 0 Å². The summed E-state index contributed by atoms with van der Waals surface area (Å²) in [7, 11) is 0. The molecule has 0 heteroatoms. The van der Waals surface area contributed by atoms with E-state index in [1.165, 1.54) is 71.3 Å². The summed E-state index contributed by atoms with van der Waals surface area (Å²) in [4.78, 5) is 0. The van der Waals surface area contributed by atoms with Crippen LogP contribution in [0.3, 0.4) is 0 Å². The minimum absolute atomic E-state index is 0.0463. The van der Waals surface area contributed by atoms with Crippen LogP contribution < -0.4 is 0 Å². The van der Waals surface area contributed by atoms with E-state index in [-0.39, 0.29) is 5.41 Å². The molecule has 0 N–H and O–H groups in total. The second-order valence-corrected chi connectivity index (χ2v) is 9.85. The fourth-order valence-corrected chi connectivity index (χ4v) is 6.09. The molecule has 0 bridgehead atoms. The van der Waals surface area contributed by atoms with Crippen LogP contribution in [0, 0.1) is 6.92 Å². The lowest BCUT2D eigenvalue weighted by atomic mass is 9.82. The first-order chi connectivity index (χ1) is 15.5. The maximum absolute atomic E-state index is 2.42. The van der Waals surface area contributed by atoms with E-state index in [9.17, 15) is 0 Å². The Bertz CT molecular complexity index is 1700. The molecule has 0 saturated heterocycles. The fourth-order valence-electron chi connectivity index (χ4n) is 6.09. The summed E-state index contributed by atoms with van der Waals surface area (Å²) < 4.78 is 0. The molecule has 0 saturated carbocycles. The molecule has 0 atom stereocenters. The van der Waals surface area contributed by atoms with Crippen LogP contribution in [0.1, 0.15) is 30.5 Å². The van der Waals surface area contributed by atoms with Gasteiger partial charge in [-0.05, 0) is 84.3 Å². The van der Waals surface area contributed by atoms with E-state index in [4.69, 9.17) is 0 Å². The average molecular weight is 409 g/mol. The summed E-state index contributed by atoms with van der Waals surface area (Å²) in [6.45, 7) is 6.90. The van der Waals surface area contributed by atoms with Gasteiger partial charge in [-0.2, -0.15) is 0 Å². The molecule has 6 aromatic carbocycles. The van der Waals surface area contributed by atoms with Gasteiger partial charge in [0, 0.05) is 5.41 Å². The zero-order chi connectivity index (χ0) is 21.6. The van der Waals surface area contributed by atoms with Crippen LogP contribution in [0.2, 0.25) is 0 Å². The Labute approximate surface area is 188 Å². The van der Waals surface area contributed by atoms with Gasteiger partial charge in [0.2, 0.25) is 0 Å². The summed E-state index contributed by atoms with van der Waals surface area (Å²) in [5, 5.41) is 8.14. The van der Waals surface area contributed by atoms with Gasteiger partial charge < -0.3 is 0 Å². The van der Waals surface area contributed by atoms with Crippen LogP contribution in [-0.2, 0) is 5.41 Å². The van der Waals surface area contributed by atoms with E-state index in [0.29, 0.717) is 0 Å². The van der Waals surface area contributed by atoms with Crippen LogP contribution in [0.25, 0.3) is 54.6 Å². The van der Waals surface area contributed by atoms with Crippen molar-refractivity contribution in [1.29, 1.82) is 0 Å². The molecule has 0 amide bonds. The second kappa shape index (κ2) is 5.99. The van der Waals surface area contributed by atoms with Crippen LogP contribution in [0.15, 0.2) is 91.0 Å². The van der Waals surface area contributed by atoms with Gasteiger partial charge in [0.05, 0.1) is 0 Å². The second-order valence-electron chi connectivity index (χ2n) is 9.85. The zero-order valence-corrected chi connectivity index (χ0v) is 18.7. The lowest BCUT2D eigenvalue weighted by molar-refractivity contribution is 0.660. The van der Waals surface area contributed by atoms with Crippen molar-refractivity contribution >= 4 is 32.3 Å². The largest absolute Gasteiger partial charge is 0.0619 e. The van der Waals surface area contributed by atoms with Crippen molar-refractivity contribution in [1.82, 2.24) is 0 Å². The van der Waals surface area contributed by atoms with Crippen LogP contribution in [0.4, 0.5) is 0 Å². The van der Waals surface area contributed by atoms with Gasteiger partial charge in [0.25, 0.3) is 0 Å². The highest BCUT2D eigenvalue weighted by atomic mass is 14.4. The molecule has 0 spiro atoms. The monoisotopic (exact) mass is 408 g/mol. The van der Waals surface area contributed by atoms with E-state index < -0.39 is 0 Å². The Morgan fingerprint density at radius 1 is 0.531 bits per heavy atom. The predicted octanol–water partition coefficient (Wildman–Crippen LogP) is 8.87. The molecule has 152 valence electrons. The third kappa shape index (κ3) is 2.17. The first-order valence-electron chi connectivity index (χ1n) is 11.5. The van der Waals surface area contributed by atoms with Crippen LogP contribution in [0.5, 0.6) is 0 Å². The van der Waals surface area contributed by atoms with Gasteiger partial charge in [-0.1, -0.05) is 98.8 Å². The Hall–Kier alpha value is -3.64. The topological polar surface area (TPSA) is 0 Å². The van der Waals surface area contributed by atoms with Gasteiger partial charge in [-0.3, -0.25) is 0 Å². The van der Waals surface area contributed by atoms with Crippen molar-refractivity contribution < 1.29 is 0 Å². The van der Waals surface area contributed by atoms with E-state index in [2.05, 4.69) is 112 Å². The summed E-state index contributed by atoms with van der Waals surface area (Å²) >= 11 is 0. The quantitative estimate of drug-likeness (QED) is 0.238. The third-order valence-electron chi connectivity index (χ3n) is 7.78. The summed E-state index contributed by atoms with van der Waals surface area (Å²) in [5.41, 5.74) is 9.61. The molecular formula is C32H24. The molecule has 0 aromatic heterocycles. The van der Waals surface area contributed by atoms with E-state index >= 15 is 0 Å². The van der Waals surface area contributed by atoms with Crippen LogP contribution >= 0.6 is 0 Å². The summed E-state index contributed by atoms with van der Waals surface area (Å²) in [6.07, 6.45) is 0. The first-order valence-corrected chi connectivity index (χ1v) is 11.5. The molecule has 1 aliphatic rings. The standard InChI is InChI=1S/C32H24/c1-19-8-9-20-12-16-26-24(15-11-21-10-14-23(19)30(20)31(21)26)22-13-17-29-27(18-22)25-6-4-5-7-28(25)32(29,2)3/h4-18H,1-3H3. The van der Waals surface area contributed by atoms with Crippen molar-refractivity contribution in [3.8, 4) is 22.3 Å². The average Bonchev–Trinajstić information content (AvgIpc) is 3.05. The maximum atomic E-state index is 2.42. The van der Waals surface area contributed by atoms with Gasteiger partial charge in [0.15, 0.2) is 0 Å². The molecule has 32 heavy (non-hydrogen) atoms. The van der Waals surface area contributed by atoms with Crippen molar-refractivity contribution in [2.24, 2.45) is 0 Å². The molecule has 6 aromatic rings. The highest BCUT2D eigenvalue weighted by molar-refractivity contribution is 6.26. The summed E-state index contributed by atoms with van der Waals surface area (Å²) in [6, 6.07) is 34.3. The Kier molecular flexibility index (Phi) is 3.36. The van der Waals surface area contributed by atoms with Crippen molar-refractivity contribution in [2.45, 2.75) is 26.2 Å². The minimum Gasteiger partial charge on any atom is -0.0619 e. The lowest BCUT2D eigenvalue weighted by Gasteiger charge is -2.21. The Morgan fingerprint density at radius 3 is 2.03 bits per heavy atom. The number of hydrogen-bond donors (Lipinski definition) is 0. The zero-order valence-electron chi connectivity index (χ0n) is 18.7. The van der Waals surface area contributed by atoms with Gasteiger partial charge >= 0.3 is 0 Å². The minimum atomic E-state index is 0.0463. The lowest BCUT2D eigenvalue weighted by Crippen LogP contribution is -2.14. The van der Waals surface area contributed by atoms with Gasteiger partial charge in [-0.25, -0.2) is 0 Å². The molecular weight excluding hydrogens is 384 g/mol. The predicted molar refractivity (Wildman–Crippen MR) is 138 cm³/mol. The molecule has 0 unspecified atom stereocenters. The molecule has 0 aliphatic heterocycles. The van der Waals surface area contributed by atoms with E-state index in [0.717, 1.165) is 0 Å². The number of benzene rings is 6. The highest BCUT2D eigenvalue weighted by Gasteiger charge is 2.35. The van der Waals surface area contributed by atoms with Gasteiger partial charge in [-0.15, -0.1) is 0 Å². The Balaban J connectivity index is 1.54. The normalized spacial score (nSPS) is 14.3. The highest BCUT2D eigenvalue weighted by Crippen LogP contribution is 2.50. The van der Waals surface area contributed by atoms with Gasteiger partial charge in [0.1, 0.15) is 0 Å². The summed E-state index contributed by atoms with van der Waals surface area (Å²) in [5.74, 6) is 0. The fraction of sp³-hybridized carbons (Fsp3) is 0.125. The van der Waals surface area contributed by atoms with Crippen molar-refractivity contribution in [3.63, 3.8) is 0 Å². The molecule has 0 nitrogen and oxygen atoms in total. The number of rotatable bonds is 1.